The Morgan fingerprint density at radius 2 is 0.650 bits per heavy atom. The summed E-state index contributed by atoms with van der Waals surface area (Å²) < 4.78 is 190. The van der Waals surface area contributed by atoms with Gasteiger partial charge in [-0.25, -0.2) is 19.8 Å². The van der Waals surface area contributed by atoms with Crippen LogP contribution in [0.5, 0.6) is 0 Å². The van der Waals surface area contributed by atoms with Crippen molar-refractivity contribution in [2.45, 2.75) is 0 Å². The maximum absolute atomic E-state index is 10.0. The summed E-state index contributed by atoms with van der Waals surface area (Å²) in [7, 11) is 0. The average Bonchev–Trinajstić information content (AvgIpc) is 1.54. The number of benzene rings is 15. The summed E-state index contributed by atoms with van der Waals surface area (Å²) in [6.45, 7) is 10.0. The second-order valence-corrected chi connectivity index (χ2v) is 27.0. The highest BCUT2D eigenvalue weighted by atomic mass is 32.1. The Balaban J connectivity index is 0.986. The van der Waals surface area contributed by atoms with Crippen LogP contribution in [0.1, 0.15) is 27.4 Å². The van der Waals surface area contributed by atoms with Gasteiger partial charge in [0.15, 0.2) is 17.5 Å². The van der Waals surface area contributed by atoms with Gasteiger partial charge in [-0.1, -0.05) is 254 Å². The van der Waals surface area contributed by atoms with Gasteiger partial charge in [0.25, 0.3) is 0 Å². The normalized spacial score (nSPS) is 14.6. The van der Waals surface area contributed by atoms with Crippen LogP contribution in [0.3, 0.4) is 0 Å². The van der Waals surface area contributed by atoms with Gasteiger partial charge in [0.05, 0.1) is 84.1 Å². The van der Waals surface area contributed by atoms with Gasteiger partial charge < -0.3 is 13.7 Å². The van der Waals surface area contributed by atoms with Crippen molar-refractivity contribution in [3.05, 3.63) is 345 Å². The first-order chi connectivity index (χ1) is 59.3. The van der Waals surface area contributed by atoms with E-state index in [0.717, 1.165) is 78.8 Å². The minimum Gasteiger partial charge on any atom is -0.317 e. The molecule has 0 fully saturated rings. The smallest absolute Gasteiger partial charge is 0.213 e. The van der Waals surface area contributed by atoms with Crippen LogP contribution in [0.15, 0.2) is 333 Å². The first kappa shape index (κ1) is 41.9. The molecule has 103 heavy (non-hydrogen) atoms. The standard InChI is InChI=1S/C94H55N7S2/c1-95-76-56-75(94-97-92(61-32-16-6-17-33-61)96-93(98-94)62-34-18-7-19-35-62)87(100-79-46-40-63(57-24-8-2-9-25-57)54-73(79)85-81(100)48-44-69-71-52-65(59-28-12-4-13-29-59)42-50-83(71)102-90(69)85)89(99-77-38-22-20-36-67(77)68-37-21-23-39-78(68)99)88(76)101-80-47-41-64(58-26-10-3-11-27-58)55-74(80)86-82(101)49-45-70-72-53-66(60-30-14-5-15-31-60)43-51-84(72)103-91(70)86/h2-56H/i4D,5D,6D,7D,12D,13D,14D,15D,16D,17D,18D,19D,28D,29D,30D,31D,32D,33D,34D,35D. The van der Waals surface area contributed by atoms with E-state index in [1.807, 2.05) is 182 Å². The summed E-state index contributed by atoms with van der Waals surface area (Å²) in [5, 5.41) is 7.49. The largest absolute Gasteiger partial charge is 0.317 e. The SMILES string of the molecule is [2H]c1c([2H])c([2H])c(-c2ccc3sc4c(ccc5c4c4cc(-c6ccccc6)ccc4n5-c4c([N+]#[C-])cc(-c5nc(-c6c([2H])c([2H])c([2H])c([2H])c6[2H])nc(-c6c([2H])c([2H])c([2H])c([2H])c6[2H])n5)c(-n5c6ccc(-c7ccccc7)cc6c6c7sc8ccc(-c9c([2H])c([2H])c([2H])c([2H])c9[2H])cc8c7ccc65)c4-n4c5ccccc5c5ccccc54)c3c2)c([2H])c1[2H]. The summed E-state index contributed by atoms with van der Waals surface area (Å²) in [6.07, 6.45) is 0. The first-order valence-corrected chi connectivity index (χ1v) is 34.6. The fraction of sp³-hybridized carbons (Fsp3) is 0. The van der Waals surface area contributed by atoms with Gasteiger partial charge in [-0.2, -0.15) is 0 Å². The van der Waals surface area contributed by atoms with Crippen molar-refractivity contribution in [3.8, 4) is 95.7 Å². The van der Waals surface area contributed by atoms with E-state index < -0.39 is 119 Å². The molecule has 21 rings (SSSR count). The molecule has 0 bridgehead atoms. The topological polar surface area (TPSA) is 57.8 Å². The number of hydrogen-bond acceptors (Lipinski definition) is 5. The van der Waals surface area contributed by atoms with Crippen LogP contribution in [0, 0.1) is 6.57 Å². The highest BCUT2D eigenvalue weighted by Crippen LogP contribution is 2.54. The van der Waals surface area contributed by atoms with E-state index in [9.17, 15) is 12.1 Å². The first-order valence-electron chi connectivity index (χ1n) is 42.9. The molecule has 21 aromatic rings. The number of aromatic nitrogens is 6. The number of hydrogen-bond donors (Lipinski definition) is 0. The van der Waals surface area contributed by atoms with Crippen LogP contribution in [0.2, 0.25) is 0 Å². The van der Waals surface area contributed by atoms with Gasteiger partial charge in [0.2, 0.25) is 5.69 Å². The number of para-hydroxylation sites is 2. The van der Waals surface area contributed by atoms with Crippen LogP contribution >= 0.6 is 22.7 Å². The van der Waals surface area contributed by atoms with E-state index in [1.54, 1.807) is 18.2 Å². The molecule has 0 saturated carbocycles. The highest BCUT2D eigenvalue weighted by Gasteiger charge is 2.33. The molecule has 6 heterocycles. The number of nitrogens with zero attached hydrogens (tertiary/aromatic N) is 7. The van der Waals surface area contributed by atoms with Crippen molar-refractivity contribution >= 4 is 134 Å². The lowest BCUT2D eigenvalue weighted by molar-refractivity contribution is 1.04. The van der Waals surface area contributed by atoms with Crippen LogP contribution in [-0.4, -0.2) is 28.7 Å². The molecule has 0 aliphatic heterocycles. The van der Waals surface area contributed by atoms with Crippen molar-refractivity contribution in [3.63, 3.8) is 0 Å². The number of thiophene rings is 2. The van der Waals surface area contributed by atoms with Crippen molar-refractivity contribution in [1.82, 2.24) is 28.7 Å². The molecule has 478 valence electrons. The van der Waals surface area contributed by atoms with Crippen LogP contribution in [-0.2, 0) is 0 Å². The summed E-state index contributed by atoms with van der Waals surface area (Å²) >= 11 is 2.98. The lowest BCUT2D eigenvalue weighted by Gasteiger charge is -2.26. The summed E-state index contributed by atoms with van der Waals surface area (Å²) in [6, 6.07) is 56.6. The quantitative estimate of drug-likeness (QED) is 0.128. The van der Waals surface area contributed by atoms with E-state index in [1.165, 1.54) is 22.7 Å². The Morgan fingerprint density at radius 3 is 1.12 bits per heavy atom. The second kappa shape index (κ2) is 23.4. The van der Waals surface area contributed by atoms with Crippen molar-refractivity contribution in [1.29, 1.82) is 0 Å². The molecule has 7 nitrogen and oxygen atoms in total. The molecule has 0 aliphatic rings. The Labute approximate surface area is 627 Å². The molecule has 0 atom stereocenters. The second-order valence-electron chi connectivity index (χ2n) is 24.9. The molecular weight excluding hydrogens is 1290 g/mol. The van der Waals surface area contributed by atoms with Crippen LogP contribution < -0.4 is 0 Å². The minimum atomic E-state index is -0.752. The van der Waals surface area contributed by atoms with E-state index in [2.05, 4.69) is 30.7 Å². The van der Waals surface area contributed by atoms with Crippen LogP contribution in [0.25, 0.3) is 206 Å². The molecule has 15 aromatic carbocycles. The average molecular weight is 1370 g/mol. The highest BCUT2D eigenvalue weighted by molar-refractivity contribution is 7.27. The lowest BCUT2D eigenvalue weighted by atomic mass is 10.0. The third kappa shape index (κ3) is 9.22. The molecule has 9 heteroatoms. The van der Waals surface area contributed by atoms with Gasteiger partial charge in [-0.15, -0.1) is 22.7 Å². The fourth-order valence-corrected chi connectivity index (χ4v) is 17.5. The molecular formula is C94H55N7S2. The molecule has 0 spiro atoms. The molecule has 0 amide bonds. The summed E-state index contributed by atoms with van der Waals surface area (Å²) in [5.74, 6) is -1.44. The van der Waals surface area contributed by atoms with Gasteiger partial charge >= 0.3 is 0 Å². The molecule has 0 unspecified atom stereocenters. The van der Waals surface area contributed by atoms with Gasteiger partial charge in [0.1, 0.15) is 0 Å². The van der Waals surface area contributed by atoms with E-state index >= 15 is 0 Å². The predicted molar refractivity (Wildman–Crippen MR) is 433 cm³/mol. The lowest BCUT2D eigenvalue weighted by Crippen LogP contribution is -2.12. The fourth-order valence-electron chi connectivity index (χ4n) is 15.0. The third-order valence-electron chi connectivity index (χ3n) is 19.4. The van der Waals surface area contributed by atoms with E-state index in [0.29, 0.717) is 71.8 Å². The predicted octanol–water partition coefficient (Wildman–Crippen LogP) is 26.1. The zero-order valence-corrected chi connectivity index (χ0v) is 55.3. The number of fused-ring (bicyclic) bond motifs is 17. The van der Waals surface area contributed by atoms with Crippen molar-refractivity contribution < 1.29 is 27.4 Å². The molecule has 6 aromatic heterocycles. The molecule has 0 N–H and O–H groups in total. The third-order valence-corrected chi connectivity index (χ3v) is 21.9. The zero-order chi connectivity index (χ0) is 85.2. The van der Waals surface area contributed by atoms with Gasteiger partial charge in [0, 0.05) is 89.4 Å². The van der Waals surface area contributed by atoms with Crippen LogP contribution in [0.4, 0.5) is 5.69 Å². The Bertz CT molecular complexity index is 8160. The molecule has 0 saturated heterocycles. The maximum atomic E-state index is 10.0. The number of rotatable bonds is 10. The summed E-state index contributed by atoms with van der Waals surface area (Å²) in [5.41, 5.74) is 7.80. The summed E-state index contributed by atoms with van der Waals surface area (Å²) in [4.78, 5) is 20.0. The Hall–Kier alpha value is -13.4. The Morgan fingerprint density at radius 1 is 0.282 bits per heavy atom. The van der Waals surface area contributed by atoms with E-state index in [-0.39, 0.29) is 58.1 Å². The monoisotopic (exact) mass is 1370 g/mol. The van der Waals surface area contributed by atoms with E-state index in [4.69, 9.17) is 36.9 Å². The zero-order valence-electron chi connectivity index (χ0n) is 73.7. The van der Waals surface area contributed by atoms with Gasteiger partial charge in [-0.3, -0.25) is 0 Å². The van der Waals surface area contributed by atoms with Crippen molar-refractivity contribution in [2.24, 2.45) is 0 Å². The van der Waals surface area contributed by atoms with Crippen molar-refractivity contribution in [2.75, 3.05) is 0 Å². The maximum Gasteiger partial charge on any atom is 0.213 e. The van der Waals surface area contributed by atoms with Gasteiger partial charge in [-0.05, 0) is 123 Å². The minimum absolute atomic E-state index is 0.0242. The molecule has 0 aliphatic carbocycles. The Kier molecular flexibility index (Phi) is 9.51. The molecule has 0 radical (unpaired) electrons.